The number of benzene rings is 2. The Morgan fingerprint density at radius 1 is 1.24 bits per heavy atom. The molecule has 0 aromatic heterocycles. The fourth-order valence-corrected chi connectivity index (χ4v) is 1.64. The number of nitro benzene ring substituents is 1. The van der Waals surface area contributed by atoms with Crippen LogP contribution in [0.2, 0.25) is 0 Å². The van der Waals surface area contributed by atoms with E-state index in [1.165, 1.54) is 24.3 Å². The lowest BCUT2D eigenvalue weighted by atomic mass is 10.1. The van der Waals surface area contributed by atoms with Gasteiger partial charge in [0, 0.05) is 12.1 Å². The average molecular weight is 292 g/mol. The summed E-state index contributed by atoms with van der Waals surface area (Å²) in [5.41, 5.74) is 4.19. The molecule has 0 amide bonds. The second kappa shape index (κ2) is 5.45. The number of carboxylic acid groups (broad SMARTS) is 1. The second-order valence-electron chi connectivity index (χ2n) is 3.99. The van der Waals surface area contributed by atoms with Gasteiger partial charge < -0.3 is 15.6 Å². The predicted octanol–water partition coefficient (Wildman–Crippen LogP) is 2.81. The minimum atomic E-state index is -1.44. The van der Waals surface area contributed by atoms with Crippen LogP contribution in [0.3, 0.4) is 0 Å². The summed E-state index contributed by atoms with van der Waals surface area (Å²) in [5, 5.41) is 19.6. The van der Waals surface area contributed by atoms with Crippen LogP contribution in [0.25, 0.3) is 0 Å². The zero-order valence-corrected chi connectivity index (χ0v) is 10.4. The minimum absolute atomic E-state index is 0.139. The molecule has 0 atom stereocenters. The van der Waals surface area contributed by atoms with Crippen LogP contribution in [0.5, 0.6) is 11.5 Å². The molecule has 0 fully saturated rings. The fraction of sp³-hybridized carbons (Fsp3) is 0. The van der Waals surface area contributed by atoms with Gasteiger partial charge in [0.25, 0.3) is 5.69 Å². The highest BCUT2D eigenvalue weighted by atomic mass is 19.1. The molecule has 3 N–H and O–H groups in total. The van der Waals surface area contributed by atoms with Gasteiger partial charge in [-0.3, -0.25) is 10.1 Å². The Bertz CT molecular complexity index is 715. The van der Waals surface area contributed by atoms with Crippen LogP contribution in [0, 0.1) is 15.9 Å². The standard InChI is InChI=1S/C13H9FN2O5/c14-9-5-6-10(11(12(9)15)13(17)18)21-8-3-1-7(2-4-8)16(19)20/h1-6H,15H2,(H,17,18). The minimum Gasteiger partial charge on any atom is -0.477 e. The van der Waals surface area contributed by atoms with E-state index in [1.54, 1.807) is 0 Å². The Morgan fingerprint density at radius 3 is 2.38 bits per heavy atom. The molecule has 108 valence electrons. The Hall–Kier alpha value is -3.16. The Labute approximate surface area is 117 Å². The molecule has 8 heteroatoms. The van der Waals surface area contributed by atoms with Gasteiger partial charge in [-0.25, -0.2) is 9.18 Å². The highest BCUT2D eigenvalue weighted by Crippen LogP contribution is 2.31. The SMILES string of the molecule is Nc1c(F)ccc(Oc2ccc([N+](=O)[O-])cc2)c1C(=O)O. The van der Waals surface area contributed by atoms with E-state index in [2.05, 4.69) is 0 Å². The second-order valence-corrected chi connectivity index (χ2v) is 3.99. The first-order valence-corrected chi connectivity index (χ1v) is 5.63. The van der Waals surface area contributed by atoms with Gasteiger partial charge in [0.1, 0.15) is 22.9 Å². The van der Waals surface area contributed by atoms with E-state index in [0.29, 0.717) is 0 Å². The third-order valence-corrected chi connectivity index (χ3v) is 2.64. The molecule has 0 spiro atoms. The molecule has 0 saturated carbocycles. The van der Waals surface area contributed by atoms with E-state index in [9.17, 15) is 19.3 Å². The van der Waals surface area contributed by atoms with Gasteiger partial charge >= 0.3 is 5.97 Å². The van der Waals surface area contributed by atoms with E-state index < -0.39 is 28.0 Å². The number of ether oxygens (including phenoxy) is 1. The smallest absolute Gasteiger partial charge is 0.341 e. The third-order valence-electron chi connectivity index (χ3n) is 2.64. The molecule has 0 radical (unpaired) electrons. The van der Waals surface area contributed by atoms with Crippen molar-refractivity contribution in [2.45, 2.75) is 0 Å². The molecule has 0 aliphatic rings. The lowest BCUT2D eigenvalue weighted by molar-refractivity contribution is -0.384. The lowest BCUT2D eigenvalue weighted by Crippen LogP contribution is -2.07. The topological polar surface area (TPSA) is 116 Å². The highest BCUT2D eigenvalue weighted by Gasteiger charge is 2.19. The van der Waals surface area contributed by atoms with Crippen molar-refractivity contribution < 1.29 is 24.0 Å². The monoisotopic (exact) mass is 292 g/mol. The van der Waals surface area contributed by atoms with Crippen molar-refractivity contribution in [3.05, 3.63) is 57.9 Å². The number of nitrogens with zero attached hydrogens (tertiary/aromatic N) is 1. The van der Waals surface area contributed by atoms with Crippen LogP contribution >= 0.6 is 0 Å². The van der Waals surface area contributed by atoms with E-state index >= 15 is 0 Å². The molecular formula is C13H9FN2O5. The first-order chi connectivity index (χ1) is 9.90. The summed E-state index contributed by atoms with van der Waals surface area (Å²) < 4.78 is 18.6. The van der Waals surface area contributed by atoms with E-state index in [-0.39, 0.29) is 17.2 Å². The summed E-state index contributed by atoms with van der Waals surface area (Å²) in [4.78, 5) is 21.1. The Balaban J connectivity index is 2.37. The van der Waals surface area contributed by atoms with Crippen molar-refractivity contribution in [3.8, 4) is 11.5 Å². The van der Waals surface area contributed by atoms with Crippen LogP contribution in [0.15, 0.2) is 36.4 Å². The van der Waals surface area contributed by atoms with Gasteiger partial charge in [-0.1, -0.05) is 0 Å². The van der Waals surface area contributed by atoms with E-state index in [4.69, 9.17) is 15.6 Å². The number of halogens is 1. The van der Waals surface area contributed by atoms with E-state index in [0.717, 1.165) is 12.1 Å². The Kier molecular flexibility index (Phi) is 3.70. The maximum absolute atomic E-state index is 13.3. The molecule has 0 unspecified atom stereocenters. The summed E-state index contributed by atoms with van der Waals surface area (Å²) in [6.07, 6.45) is 0. The number of carbonyl (C=O) groups is 1. The summed E-state index contributed by atoms with van der Waals surface area (Å²) in [7, 11) is 0. The average Bonchev–Trinajstić information content (AvgIpc) is 2.43. The lowest BCUT2D eigenvalue weighted by Gasteiger charge is -2.11. The number of aromatic carboxylic acids is 1. The number of rotatable bonds is 4. The number of carboxylic acids is 1. The van der Waals surface area contributed by atoms with Gasteiger partial charge in [0.15, 0.2) is 0 Å². The zero-order valence-electron chi connectivity index (χ0n) is 10.4. The molecule has 0 bridgehead atoms. The molecule has 0 saturated heterocycles. The van der Waals surface area contributed by atoms with Gasteiger partial charge in [-0.15, -0.1) is 0 Å². The van der Waals surface area contributed by atoms with Crippen molar-refractivity contribution in [1.29, 1.82) is 0 Å². The van der Waals surface area contributed by atoms with Crippen LogP contribution < -0.4 is 10.5 Å². The fourth-order valence-electron chi connectivity index (χ4n) is 1.64. The summed E-state index contributed by atoms with van der Waals surface area (Å²) in [6.45, 7) is 0. The van der Waals surface area contributed by atoms with Gasteiger partial charge in [-0.2, -0.15) is 0 Å². The van der Waals surface area contributed by atoms with Crippen molar-refractivity contribution in [1.82, 2.24) is 0 Å². The molecule has 2 rings (SSSR count). The van der Waals surface area contributed by atoms with Crippen LogP contribution in [0.4, 0.5) is 15.8 Å². The molecule has 2 aromatic carbocycles. The van der Waals surface area contributed by atoms with Crippen molar-refractivity contribution >= 4 is 17.3 Å². The molecular weight excluding hydrogens is 283 g/mol. The summed E-state index contributed by atoms with van der Waals surface area (Å²) >= 11 is 0. The first kappa shape index (κ1) is 14.3. The maximum Gasteiger partial charge on any atom is 0.341 e. The number of hydrogen-bond donors (Lipinski definition) is 2. The van der Waals surface area contributed by atoms with Crippen molar-refractivity contribution in [3.63, 3.8) is 0 Å². The number of nitro groups is 1. The molecule has 21 heavy (non-hydrogen) atoms. The molecule has 0 aliphatic carbocycles. The maximum atomic E-state index is 13.3. The number of anilines is 1. The largest absolute Gasteiger partial charge is 0.477 e. The summed E-state index contributed by atoms with van der Waals surface area (Å²) in [5.74, 6) is -2.31. The number of hydrogen-bond acceptors (Lipinski definition) is 5. The molecule has 0 heterocycles. The van der Waals surface area contributed by atoms with Crippen LogP contribution in [-0.2, 0) is 0 Å². The number of nitrogens with two attached hydrogens (primary N) is 1. The number of nitrogen functional groups attached to an aromatic ring is 1. The van der Waals surface area contributed by atoms with Crippen molar-refractivity contribution in [2.75, 3.05) is 5.73 Å². The van der Waals surface area contributed by atoms with Gasteiger partial charge in [0.2, 0.25) is 0 Å². The van der Waals surface area contributed by atoms with E-state index in [1.807, 2.05) is 0 Å². The Morgan fingerprint density at radius 2 is 1.86 bits per heavy atom. The molecule has 0 aliphatic heterocycles. The molecule has 7 nitrogen and oxygen atoms in total. The summed E-state index contributed by atoms with van der Waals surface area (Å²) in [6, 6.07) is 7.08. The predicted molar refractivity (Wildman–Crippen MR) is 70.9 cm³/mol. The normalized spacial score (nSPS) is 10.1. The van der Waals surface area contributed by atoms with Gasteiger partial charge in [-0.05, 0) is 24.3 Å². The zero-order chi connectivity index (χ0) is 15.6. The highest BCUT2D eigenvalue weighted by molar-refractivity contribution is 5.97. The van der Waals surface area contributed by atoms with Crippen LogP contribution in [-0.4, -0.2) is 16.0 Å². The quantitative estimate of drug-likeness (QED) is 0.508. The van der Waals surface area contributed by atoms with Crippen molar-refractivity contribution in [2.24, 2.45) is 0 Å². The van der Waals surface area contributed by atoms with Gasteiger partial charge in [0.05, 0.1) is 10.6 Å². The number of non-ortho nitro benzene ring substituents is 1. The first-order valence-electron chi connectivity index (χ1n) is 5.63. The molecule has 2 aromatic rings. The third kappa shape index (κ3) is 2.89. The van der Waals surface area contributed by atoms with Crippen LogP contribution in [0.1, 0.15) is 10.4 Å².